The molecule has 0 spiro atoms. The average Bonchev–Trinajstić information content (AvgIpc) is 2.83. The van der Waals surface area contributed by atoms with Crippen LogP contribution in [-0.2, 0) is 0 Å². The number of carbonyl (C=O) groups excluding carboxylic acids is 1. The summed E-state index contributed by atoms with van der Waals surface area (Å²) in [5, 5.41) is 4.39. The van der Waals surface area contributed by atoms with Crippen LogP contribution in [-0.4, -0.2) is 20.4 Å². The molecule has 8 heteroatoms. The van der Waals surface area contributed by atoms with Gasteiger partial charge in [0.25, 0.3) is 11.5 Å². The molecule has 1 unspecified atom stereocenters. The van der Waals surface area contributed by atoms with E-state index in [-0.39, 0.29) is 17.1 Å². The molecule has 0 aliphatic rings. The number of benzene rings is 3. The Kier molecular flexibility index (Phi) is 5.47. The minimum absolute atomic E-state index is 0.0305. The highest BCUT2D eigenvalue weighted by atomic mass is 35.5. The van der Waals surface area contributed by atoms with E-state index in [9.17, 15) is 9.59 Å². The molecule has 2 aromatic heterocycles. The van der Waals surface area contributed by atoms with Gasteiger partial charge in [-0.25, -0.2) is 9.97 Å². The third-order valence-corrected chi connectivity index (χ3v) is 5.96. The SMILES string of the molecule is CC(NC(=O)c1nc2ccccc2nc1N)c1cc2cccc(Cl)c2c(=O)n1-c1ccccc1. The smallest absolute Gasteiger partial charge is 0.274 e. The number of rotatable bonds is 4. The summed E-state index contributed by atoms with van der Waals surface area (Å²) >= 11 is 6.37. The van der Waals surface area contributed by atoms with E-state index in [4.69, 9.17) is 17.3 Å². The molecule has 0 aliphatic carbocycles. The molecular weight excluding hydrogens is 450 g/mol. The Morgan fingerprint density at radius 2 is 1.65 bits per heavy atom. The Balaban J connectivity index is 1.61. The van der Waals surface area contributed by atoms with Gasteiger partial charge < -0.3 is 11.1 Å². The number of anilines is 1. The number of halogens is 1. The van der Waals surface area contributed by atoms with Crippen LogP contribution in [0, 0.1) is 0 Å². The van der Waals surface area contributed by atoms with Gasteiger partial charge in [0.2, 0.25) is 0 Å². The second-order valence-corrected chi connectivity index (χ2v) is 8.30. The first-order chi connectivity index (χ1) is 16.4. The Labute approximate surface area is 199 Å². The van der Waals surface area contributed by atoms with Crippen molar-refractivity contribution in [3.63, 3.8) is 0 Å². The lowest BCUT2D eigenvalue weighted by Crippen LogP contribution is -2.33. The van der Waals surface area contributed by atoms with Crippen LogP contribution in [0.2, 0.25) is 5.02 Å². The molecule has 0 saturated carbocycles. The lowest BCUT2D eigenvalue weighted by atomic mass is 10.1. The van der Waals surface area contributed by atoms with Gasteiger partial charge >= 0.3 is 0 Å². The lowest BCUT2D eigenvalue weighted by Gasteiger charge is -2.21. The monoisotopic (exact) mass is 469 g/mol. The number of hydrogen-bond acceptors (Lipinski definition) is 5. The van der Waals surface area contributed by atoms with Gasteiger partial charge in [0, 0.05) is 11.4 Å². The van der Waals surface area contributed by atoms with E-state index < -0.39 is 11.9 Å². The molecule has 168 valence electrons. The normalized spacial score (nSPS) is 12.1. The summed E-state index contributed by atoms with van der Waals surface area (Å²) in [7, 11) is 0. The number of hydrogen-bond donors (Lipinski definition) is 2. The number of aromatic nitrogens is 3. The van der Waals surface area contributed by atoms with Gasteiger partial charge in [-0.15, -0.1) is 0 Å². The number of amides is 1. The summed E-state index contributed by atoms with van der Waals surface area (Å²) in [4.78, 5) is 35.4. The van der Waals surface area contributed by atoms with E-state index in [0.29, 0.717) is 38.2 Å². The molecule has 1 atom stereocenters. The van der Waals surface area contributed by atoms with Crippen molar-refractivity contribution < 1.29 is 4.79 Å². The van der Waals surface area contributed by atoms with E-state index in [1.807, 2.05) is 54.6 Å². The van der Waals surface area contributed by atoms with E-state index in [1.54, 1.807) is 35.8 Å². The van der Waals surface area contributed by atoms with Crippen molar-refractivity contribution in [1.29, 1.82) is 0 Å². The zero-order valence-corrected chi connectivity index (χ0v) is 19.0. The fraction of sp³-hybridized carbons (Fsp3) is 0.0769. The number of nitrogen functional groups attached to an aromatic ring is 1. The first-order valence-electron chi connectivity index (χ1n) is 10.7. The number of para-hydroxylation sites is 3. The molecule has 0 bridgehead atoms. The van der Waals surface area contributed by atoms with Gasteiger partial charge in [-0.05, 0) is 48.7 Å². The maximum Gasteiger partial charge on any atom is 0.274 e. The number of nitrogens with zero attached hydrogens (tertiary/aromatic N) is 3. The van der Waals surface area contributed by atoms with Crippen LogP contribution >= 0.6 is 11.6 Å². The summed E-state index contributed by atoms with van der Waals surface area (Å²) in [6.45, 7) is 1.80. The van der Waals surface area contributed by atoms with Crippen molar-refractivity contribution in [2.45, 2.75) is 13.0 Å². The van der Waals surface area contributed by atoms with Gasteiger partial charge in [-0.3, -0.25) is 14.2 Å². The van der Waals surface area contributed by atoms with Gasteiger partial charge in [-0.1, -0.05) is 54.1 Å². The molecule has 2 heterocycles. The number of pyridine rings is 1. The molecule has 0 saturated heterocycles. The largest absolute Gasteiger partial charge is 0.382 e. The number of carbonyl (C=O) groups is 1. The fourth-order valence-electron chi connectivity index (χ4n) is 4.02. The van der Waals surface area contributed by atoms with Crippen molar-refractivity contribution in [3.05, 3.63) is 106 Å². The van der Waals surface area contributed by atoms with E-state index in [1.165, 1.54) is 0 Å². The van der Waals surface area contributed by atoms with Gasteiger partial charge in [-0.2, -0.15) is 0 Å². The zero-order valence-electron chi connectivity index (χ0n) is 18.2. The quantitative estimate of drug-likeness (QED) is 0.398. The van der Waals surface area contributed by atoms with E-state index in [0.717, 1.165) is 0 Å². The molecule has 5 aromatic rings. The topological polar surface area (TPSA) is 103 Å². The highest BCUT2D eigenvalue weighted by Gasteiger charge is 2.22. The Bertz CT molecular complexity index is 1620. The van der Waals surface area contributed by atoms with E-state index in [2.05, 4.69) is 15.3 Å². The molecule has 7 nitrogen and oxygen atoms in total. The van der Waals surface area contributed by atoms with Crippen LogP contribution in [0.4, 0.5) is 5.82 Å². The highest BCUT2D eigenvalue weighted by molar-refractivity contribution is 6.35. The van der Waals surface area contributed by atoms with Crippen LogP contribution in [0.15, 0.2) is 83.7 Å². The summed E-state index contributed by atoms with van der Waals surface area (Å²) in [5.41, 5.74) is 8.22. The molecule has 3 aromatic carbocycles. The molecule has 3 N–H and O–H groups in total. The Hall–Kier alpha value is -4.23. The highest BCUT2D eigenvalue weighted by Crippen LogP contribution is 2.26. The van der Waals surface area contributed by atoms with Crippen LogP contribution in [0.25, 0.3) is 27.5 Å². The predicted molar refractivity (Wildman–Crippen MR) is 134 cm³/mol. The molecule has 1 amide bonds. The van der Waals surface area contributed by atoms with Crippen LogP contribution in [0.5, 0.6) is 0 Å². The first-order valence-corrected chi connectivity index (χ1v) is 11.0. The molecule has 0 radical (unpaired) electrons. The van der Waals surface area contributed by atoms with Crippen molar-refractivity contribution >= 4 is 45.1 Å². The number of nitrogens with two attached hydrogens (primary N) is 1. The van der Waals surface area contributed by atoms with Gasteiger partial charge in [0.1, 0.15) is 0 Å². The lowest BCUT2D eigenvalue weighted by molar-refractivity contribution is 0.0934. The van der Waals surface area contributed by atoms with Gasteiger partial charge in [0.15, 0.2) is 11.5 Å². The third kappa shape index (κ3) is 3.76. The Morgan fingerprint density at radius 1 is 0.971 bits per heavy atom. The maximum absolute atomic E-state index is 13.6. The van der Waals surface area contributed by atoms with Crippen molar-refractivity contribution in [2.24, 2.45) is 0 Å². The average molecular weight is 470 g/mol. The maximum atomic E-state index is 13.6. The molecular formula is C26H20ClN5O2. The van der Waals surface area contributed by atoms with Crippen LogP contribution in [0.3, 0.4) is 0 Å². The summed E-state index contributed by atoms with van der Waals surface area (Å²) in [6.07, 6.45) is 0. The summed E-state index contributed by atoms with van der Waals surface area (Å²) in [5.74, 6) is -0.448. The van der Waals surface area contributed by atoms with Crippen LogP contribution < -0.4 is 16.6 Å². The predicted octanol–water partition coefficient (Wildman–Crippen LogP) is 4.66. The second kappa shape index (κ2) is 8.61. The molecule has 0 aliphatic heterocycles. The minimum Gasteiger partial charge on any atom is -0.382 e. The van der Waals surface area contributed by atoms with Crippen LogP contribution in [0.1, 0.15) is 29.1 Å². The summed E-state index contributed by atoms with van der Waals surface area (Å²) < 4.78 is 1.56. The minimum atomic E-state index is -0.559. The van der Waals surface area contributed by atoms with E-state index >= 15 is 0 Å². The van der Waals surface area contributed by atoms with Gasteiger partial charge in [0.05, 0.1) is 27.5 Å². The molecule has 0 fully saturated rings. The zero-order chi connectivity index (χ0) is 23.8. The van der Waals surface area contributed by atoms with Crippen molar-refractivity contribution in [1.82, 2.24) is 19.9 Å². The fourth-order valence-corrected chi connectivity index (χ4v) is 4.28. The molecule has 34 heavy (non-hydrogen) atoms. The number of fused-ring (bicyclic) bond motifs is 2. The first kappa shape index (κ1) is 21.6. The third-order valence-electron chi connectivity index (χ3n) is 5.64. The standard InChI is InChI=1S/C26H20ClN5O2/c1-15(29-25(33)23-24(28)31-20-13-6-5-12-19(20)30-23)21-14-16-8-7-11-18(27)22(16)26(34)32(21)17-9-3-2-4-10-17/h2-15H,1H3,(H2,28,31)(H,29,33). The van der Waals surface area contributed by atoms with Crippen molar-refractivity contribution in [3.8, 4) is 5.69 Å². The second-order valence-electron chi connectivity index (χ2n) is 7.89. The van der Waals surface area contributed by atoms with Crippen molar-refractivity contribution in [2.75, 3.05) is 5.73 Å². The number of nitrogens with one attached hydrogen (secondary N) is 1. The summed E-state index contributed by atoms with van der Waals surface area (Å²) in [6, 6.07) is 23.0. The Morgan fingerprint density at radius 3 is 2.38 bits per heavy atom. The molecule has 5 rings (SSSR count).